The number of anilines is 1. The third kappa shape index (κ3) is 2.00. The molecule has 0 amide bonds. The summed E-state index contributed by atoms with van der Waals surface area (Å²) < 4.78 is 8.03. The largest absolute Gasteiger partial charge is 0.496 e. The minimum absolute atomic E-state index is 0.230. The second-order valence-corrected chi connectivity index (χ2v) is 5.20. The molecule has 20 heavy (non-hydrogen) atoms. The van der Waals surface area contributed by atoms with Crippen LogP contribution in [0.25, 0.3) is 22.3 Å². The average molecular weight is 334 g/mol. The number of ether oxygens (including phenoxy) is 1. The Labute approximate surface area is 123 Å². The van der Waals surface area contributed by atoms with Gasteiger partial charge in [0.1, 0.15) is 11.4 Å². The highest BCUT2D eigenvalue weighted by Gasteiger charge is 2.16. The van der Waals surface area contributed by atoms with E-state index in [1.807, 2.05) is 25.2 Å². The molecule has 102 valence electrons. The van der Waals surface area contributed by atoms with Crippen LogP contribution in [0.3, 0.4) is 0 Å². The van der Waals surface area contributed by atoms with E-state index < -0.39 is 0 Å². The molecule has 0 bridgehead atoms. The molecular formula is C13H12BrN5O. The monoisotopic (exact) mass is 333 g/mol. The van der Waals surface area contributed by atoms with Crippen LogP contribution in [0.5, 0.6) is 5.75 Å². The maximum Gasteiger partial charge on any atom is 0.222 e. The van der Waals surface area contributed by atoms with E-state index >= 15 is 0 Å². The standard InChI is InChI=1S/C13H12BrN5O/c1-19-12-9(6-16-13(15)17-12)11(18-19)8-5-7(14)3-4-10(8)20-2/h3-6H,1-2H3,(H2,15,16,17). The number of nitrogen functional groups attached to an aromatic ring is 1. The molecule has 0 aliphatic heterocycles. The molecule has 0 fully saturated rings. The van der Waals surface area contributed by atoms with Gasteiger partial charge in [-0.05, 0) is 18.2 Å². The first-order valence-corrected chi connectivity index (χ1v) is 6.68. The van der Waals surface area contributed by atoms with Crippen LogP contribution in [-0.2, 0) is 7.05 Å². The summed E-state index contributed by atoms with van der Waals surface area (Å²) in [6.07, 6.45) is 1.68. The van der Waals surface area contributed by atoms with Gasteiger partial charge >= 0.3 is 0 Å². The minimum Gasteiger partial charge on any atom is -0.496 e. The Morgan fingerprint density at radius 2 is 2.15 bits per heavy atom. The van der Waals surface area contributed by atoms with Crippen LogP contribution in [-0.4, -0.2) is 26.9 Å². The second-order valence-electron chi connectivity index (χ2n) is 4.28. The Morgan fingerprint density at radius 3 is 2.90 bits per heavy atom. The molecule has 1 aromatic carbocycles. The molecule has 0 unspecified atom stereocenters. The lowest BCUT2D eigenvalue weighted by molar-refractivity contribution is 0.416. The molecule has 2 aromatic heterocycles. The van der Waals surface area contributed by atoms with Gasteiger partial charge in [0.25, 0.3) is 0 Å². The van der Waals surface area contributed by atoms with Crippen LogP contribution in [0.4, 0.5) is 5.95 Å². The number of hydrogen-bond donors (Lipinski definition) is 1. The fraction of sp³-hybridized carbons (Fsp3) is 0.154. The molecule has 3 aromatic rings. The third-order valence-corrected chi connectivity index (χ3v) is 3.51. The van der Waals surface area contributed by atoms with Crippen LogP contribution < -0.4 is 10.5 Å². The molecule has 3 rings (SSSR count). The van der Waals surface area contributed by atoms with Gasteiger partial charge in [-0.1, -0.05) is 15.9 Å². The highest BCUT2D eigenvalue weighted by molar-refractivity contribution is 9.10. The Kier molecular flexibility index (Phi) is 3.06. The van der Waals surface area contributed by atoms with Crippen molar-refractivity contribution in [3.8, 4) is 17.0 Å². The van der Waals surface area contributed by atoms with Crippen molar-refractivity contribution in [2.24, 2.45) is 7.05 Å². The summed E-state index contributed by atoms with van der Waals surface area (Å²) in [6, 6.07) is 5.76. The molecule has 0 saturated carbocycles. The molecule has 6 nitrogen and oxygen atoms in total. The number of hydrogen-bond acceptors (Lipinski definition) is 5. The van der Waals surface area contributed by atoms with Gasteiger partial charge < -0.3 is 10.5 Å². The number of halogens is 1. The van der Waals surface area contributed by atoms with Crippen molar-refractivity contribution in [3.05, 3.63) is 28.9 Å². The van der Waals surface area contributed by atoms with Crippen LogP contribution in [0.1, 0.15) is 0 Å². The summed E-state index contributed by atoms with van der Waals surface area (Å²) in [5.41, 5.74) is 7.96. The van der Waals surface area contributed by atoms with Gasteiger partial charge in [-0.2, -0.15) is 10.1 Å². The number of benzene rings is 1. The summed E-state index contributed by atoms with van der Waals surface area (Å²) in [6.45, 7) is 0. The minimum atomic E-state index is 0.230. The zero-order chi connectivity index (χ0) is 14.3. The van der Waals surface area contributed by atoms with E-state index in [1.54, 1.807) is 18.0 Å². The molecule has 0 aliphatic carbocycles. The smallest absolute Gasteiger partial charge is 0.222 e. The fourth-order valence-corrected chi connectivity index (χ4v) is 2.48. The maximum absolute atomic E-state index is 5.63. The van der Waals surface area contributed by atoms with Gasteiger partial charge in [-0.3, -0.25) is 0 Å². The number of nitrogens with two attached hydrogens (primary N) is 1. The molecule has 0 atom stereocenters. The SMILES string of the molecule is COc1ccc(Br)cc1-c1nn(C)c2nc(N)ncc12. The number of nitrogens with zero attached hydrogens (tertiary/aromatic N) is 4. The van der Waals surface area contributed by atoms with E-state index in [0.29, 0.717) is 5.65 Å². The first kappa shape index (κ1) is 12.9. The number of aromatic nitrogens is 4. The van der Waals surface area contributed by atoms with Crippen molar-refractivity contribution in [2.75, 3.05) is 12.8 Å². The summed E-state index contributed by atoms with van der Waals surface area (Å²) in [5, 5.41) is 5.34. The first-order chi connectivity index (χ1) is 9.60. The maximum atomic E-state index is 5.63. The van der Waals surface area contributed by atoms with Crippen LogP contribution in [0.15, 0.2) is 28.9 Å². The van der Waals surface area contributed by atoms with Gasteiger partial charge in [0, 0.05) is 23.3 Å². The fourth-order valence-electron chi connectivity index (χ4n) is 2.12. The summed E-state index contributed by atoms with van der Waals surface area (Å²) >= 11 is 3.46. The second kappa shape index (κ2) is 4.75. The van der Waals surface area contributed by atoms with Crippen molar-refractivity contribution in [2.45, 2.75) is 0 Å². The van der Waals surface area contributed by atoms with Crippen molar-refractivity contribution >= 4 is 32.9 Å². The zero-order valence-corrected chi connectivity index (χ0v) is 12.5. The Hall–Kier alpha value is -2.15. The first-order valence-electron chi connectivity index (χ1n) is 5.89. The van der Waals surface area contributed by atoms with E-state index in [4.69, 9.17) is 10.5 Å². The van der Waals surface area contributed by atoms with Gasteiger partial charge in [0.2, 0.25) is 5.95 Å². The van der Waals surface area contributed by atoms with Crippen LogP contribution in [0, 0.1) is 0 Å². The molecular weight excluding hydrogens is 322 g/mol. The lowest BCUT2D eigenvalue weighted by Gasteiger charge is -2.06. The Balaban J connectivity index is 2.33. The molecule has 0 aliphatic rings. The van der Waals surface area contributed by atoms with Crippen molar-refractivity contribution in [1.29, 1.82) is 0 Å². The number of methoxy groups -OCH3 is 1. The highest BCUT2D eigenvalue weighted by Crippen LogP contribution is 2.35. The van der Waals surface area contributed by atoms with E-state index in [-0.39, 0.29) is 5.95 Å². The predicted molar refractivity (Wildman–Crippen MR) is 80.4 cm³/mol. The van der Waals surface area contributed by atoms with Gasteiger partial charge in [0.15, 0.2) is 5.65 Å². The van der Waals surface area contributed by atoms with E-state index in [0.717, 1.165) is 26.9 Å². The molecule has 0 spiro atoms. The highest BCUT2D eigenvalue weighted by atomic mass is 79.9. The molecule has 0 radical (unpaired) electrons. The summed E-state index contributed by atoms with van der Waals surface area (Å²) in [7, 11) is 3.45. The van der Waals surface area contributed by atoms with Crippen molar-refractivity contribution < 1.29 is 4.74 Å². The predicted octanol–water partition coefficient (Wildman–Crippen LogP) is 2.38. The lowest BCUT2D eigenvalue weighted by Crippen LogP contribution is -1.97. The van der Waals surface area contributed by atoms with Crippen LogP contribution in [0.2, 0.25) is 0 Å². The number of rotatable bonds is 2. The van der Waals surface area contributed by atoms with Gasteiger partial charge in [0.05, 0.1) is 12.5 Å². The van der Waals surface area contributed by atoms with Gasteiger partial charge in [-0.15, -0.1) is 0 Å². The van der Waals surface area contributed by atoms with E-state index in [2.05, 4.69) is 31.0 Å². The Morgan fingerprint density at radius 1 is 1.35 bits per heavy atom. The van der Waals surface area contributed by atoms with E-state index in [1.165, 1.54) is 0 Å². The van der Waals surface area contributed by atoms with E-state index in [9.17, 15) is 0 Å². The number of aryl methyl sites for hydroxylation is 1. The lowest BCUT2D eigenvalue weighted by atomic mass is 10.1. The molecule has 0 saturated heterocycles. The van der Waals surface area contributed by atoms with Crippen LogP contribution >= 0.6 is 15.9 Å². The van der Waals surface area contributed by atoms with Crippen molar-refractivity contribution in [1.82, 2.24) is 19.7 Å². The zero-order valence-electron chi connectivity index (χ0n) is 11.0. The summed E-state index contributed by atoms with van der Waals surface area (Å²) in [4.78, 5) is 8.26. The quantitative estimate of drug-likeness (QED) is 0.778. The normalized spacial score (nSPS) is 10.9. The molecule has 7 heteroatoms. The third-order valence-electron chi connectivity index (χ3n) is 3.02. The molecule has 2 N–H and O–H groups in total. The summed E-state index contributed by atoms with van der Waals surface area (Å²) in [5.74, 6) is 0.971. The topological polar surface area (TPSA) is 78.8 Å². The number of fused-ring (bicyclic) bond motifs is 1. The van der Waals surface area contributed by atoms with Gasteiger partial charge in [-0.25, -0.2) is 9.67 Å². The Bertz CT molecular complexity index is 799. The average Bonchev–Trinajstić information content (AvgIpc) is 2.75. The molecule has 2 heterocycles. The van der Waals surface area contributed by atoms with Crippen molar-refractivity contribution in [3.63, 3.8) is 0 Å².